The van der Waals surface area contributed by atoms with Gasteiger partial charge in [-0.1, -0.05) is 56.2 Å². The van der Waals surface area contributed by atoms with E-state index in [9.17, 15) is 15.0 Å². The molecule has 0 heterocycles. The molecule has 0 fully saturated rings. The summed E-state index contributed by atoms with van der Waals surface area (Å²) in [6, 6.07) is 0. The van der Waals surface area contributed by atoms with E-state index in [4.69, 9.17) is 5.11 Å². The van der Waals surface area contributed by atoms with Crippen molar-refractivity contribution in [2.75, 3.05) is 0 Å². The molecule has 24 heavy (non-hydrogen) atoms. The summed E-state index contributed by atoms with van der Waals surface area (Å²) in [5, 5.41) is 28.0. The van der Waals surface area contributed by atoms with Gasteiger partial charge in [0.25, 0.3) is 0 Å². The SMILES string of the molecule is CCCCC/C=C\C/C=C\C/C=C\C[C@@H](O)[C@H](O)CCCC(=O)O. The average molecular weight is 338 g/mol. The van der Waals surface area contributed by atoms with Crippen LogP contribution in [0.5, 0.6) is 0 Å². The van der Waals surface area contributed by atoms with Gasteiger partial charge in [-0.3, -0.25) is 4.79 Å². The molecule has 0 aromatic heterocycles. The number of aliphatic carboxylic acids is 1. The summed E-state index contributed by atoms with van der Waals surface area (Å²) in [4.78, 5) is 10.4. The minimum Gasteiger partial charge on any atom is -0.481 e. The first kappa shape index (κ1) is 22.6. The topological polar surface area (TPSA) is 77.8 Å². The Morgan fingerprint density at radius 3 is 2.12 bits per heavy atom. The van der Waals surface area contributed by atoms with Crippen LogP contribution in [0, 0.1) is 0 Å². The van der Waals surface area contributed by atoms with E-state index in [0.29, 0.717) is 19.3 Å². The molecular weight excluding hydrogens is 304 g/mol. The van der Waals surface area contributed by atoms with E-state index in [1.165, 1.54) is 19.3 Å². The monoisotopic (exact) mass is 338 g/mol. The number of carboxylic acid groups (broad SMARTS) is 1. The van der Waals surface area contributed by atoms with Crippen molar-refractivity contribution in [2.45, 2.75) is 83.3 Å². The molecule has 2 atom stereocenters. The third-order valence-electron chi connectivity index (χ3n) is 3.73. The minimum atomic E-state index is -0.876. The highest BCUT2D eigenvalue weighted by Gasteiger charge is 2.14. The van der Waals surface area contributed by atoms with Crippen LogP contribution in [0.3, 0.4) is 0 Å². The lowest BCUT2D eigenvalue weighted by Crippen LogP contribution is -2.25. The zero-order chi connectivity index (χ0) is 18.0. The van der Waals surface area contributed by atoms with Crippen LogP contribution in [-0.2, 0) is 4.79 Å². The first-order valence-corrected chi connectivity index (χ1v) is 9.10. The molecular formula is C20H34O4. The van der Waals surface area contributed by atoms with Crippen LogP contribution in [0.1, 0.15) is 71.1 Å². The van der Waals surface area contributed by atoms with Crippen LogP contribution in [0.2, 0.25) is 0 Å². The number of rotatable bonds is 15. The highest BCUT2D eigenvalue weighted by molar-refractivity contribution is 5.66. The van der Waals surface area contributed by atoms with Crippen molar-refractivity contribution in [1.82, 2.24) is 0 Å². The molecule has 4 heteroatoms. The molecule has 4 nitrogen and oxygen atoms in total. The standard InChI is InChI=1S/C20H34O4/c1-2-3-4-5-6-7-8-9-10-11-12-13-15-18(21)19(22)16-14-17-20(23)24/h6-7,9-10,12-13,18-19,21-22H,2-5,8,11,14-17H2,1H3,(H,23,24)/b7-6-,10-9-,13-12-/t18-,19-/m1/s1. The summed E-state index contributed by atoms with van der Waals surface area (Å²) in [6.07, 6.45) is 18.6. The molecule has 0 aromatic carbocycles. The van der Waals surface area contributed by atoms with Crippen molar-refractivity contribution in [1.29, 1.82) is 0 Å². The fraction of sp³-hybridized carbons (Fsp3) is 0.650. The van der Waals surface area contributed by atoms with Crippen molar-refractivity contribution in [3.63, 3.8) is 0 Å². The van der Waals surface area contributed by atoms with E-state index in [1.54, 1.807) is 0 Å². The average Bonchev–Trinajstić information content (AvgIpc) is 2.55. The first-order chi connectivity index (χ1) is 11.6. The van der Waals surface area contributed by atoms with Crippen LogP contribution < -0.4 is 0 Å². The number of aliphatic hydroxyl groups is 2. The molecule has 0 radical (unpaired) electrons. The van der Waals surface area contributed by atoms with E-state index in [-0.39, 0.29) is 6.42 Å². The summed E-state index contributed by atoms with van der Waals surface area (Å²) in [5.74, 6) is -0.876. The van der Waals surface area contributed by atoms with E-state index in [1.807, 2.05) is 12.2 Å². The first-order valence-electron chi connectivity index (χ1n) is 9.10. The Labute approximate surface area is 146 Å². The molecule has 0 aromatic rings. The Morgan fingerprint density at radius 2 is 1.50 bits per heavy atom. The van der Waals surface area contributed by atoms with Gasteiger partial charge in [0, 0.05) is 6.42 Å². The van der Waals surface area contributed by atoms with Gasteiger partial charge in [-0.25, -0.2) is 0 Å². The number of carboxylic acids is 1. The second-order valence-corrected chi connectivity index (χ2v) is 6.04. The fourth-order valence-electron chi connectivity index (χ4n) is 2.22. The van der Waals surface area contributed by atoms with Gasteiger partial charge in [0.05, 0.1) is 12.2 Å². The van der Waals surface area contributed by atoms with Crippen LogP contribution in [-0.4, -0.2) is 33.5 Å². The maximum atomic E-state index is 10.4. The Morgan fingerprint density at radius 1 is 0.875 bits per heavy atom. The largest absolute Gasteiger partial charge is 0.481 e. The summed E-state index contributed by atoms with van der Waals surface area (Å²) < 4.78 is 0. The number of hydrogen-bond donors (Lipinski definition) is 3. The number of carbonyl (C=O) groups is 1. The number of aliphatic hydroxyl groups excluding tert-OH is 2. The molecule has 0 rings (SSSR count). The summed E-state index contributed by atoms with van der Waals surface area (Å²) in [5.41, 5.74) is 0. The minimum absolute atomic E-state index is 0.0253. The van der Waals surface area contributed by atoms with Gasteiger partial charge >= 0.3 is 5.97 Å². The molecule has 3 N–H and O–H groups in total. The second-order valence-electron chi connectivity index (χ2n) is 6.04. The normalized spacial score (nSPS) is 14.8. The van der Waals surface area contributed by atoms with Crippen molar-refractivity contribution in [3.05, 3.63) is 36.5 Å². The zero-order valence-corrected chi connectivity index (χ0v) is 14.9. The zero-order valence-electron chi connectivity index (χ0n) is 14.9. The molecule has 0 aliphatic rings. The highest BCUT2D eigenvalue weighted by atomic mass is 16.4. The smallest absolute Gasteiger partial charge is 0.303 e. The molecule has 0 aliphatic heterocycles. The van der Waals surface area contributed by atoms with Gasteiger partial charge in [-0.05, 0) is 44.9 Å². The van der Waals surface area contributed by atoms with E-state index < -0.39 is 18.2 Å². The number of unbranched alkanes of at least 4 members (excludes halogenated alkanes) is 3. The van der Waals surface area contributed by atoms with Crippen LogP contribution in [0.15, 0.2) is 36.5 Å². The third-order valence-corrected chi connectivity index (χ3v) is 3.73. The Kier molecular flexibility index (Phi) is 15.5. The molecule has 0 bridgehead atoms. The van der Waals surface area contributed by atoms with E-state index in [2.05, 4.69) is 31.2 Å². The number of allylic oxidation sites excluding steroid dienone is 5. The summed E-state index contributed by atoms with van der Waals surface area (Å²) >= 11 is 0. The van der Waals surface area contributed by atoms with Crippen LogP contribution in [0.4, 0.5) is 0 Å². The number of hydrogen-bond acceptors (Lipinski definition) is 3. The third kappa shape index (κ3) is 15.5. The molecule has 0 aliphatic carbocycles. The van der Waals surface area contributed by atoms with Gasteiger partial charge in [-0.2, -0.15) is 0 Å². The molecule has 0 saturated carbocycles. The Balaban J connectivity index is 3.65. The lowest BCUT2D eigenvalue weighted by Gasteiger charge is -2.15. The summed E-state index contributed by atoms with van der Waals surface area (Å²) in [6.45, 7) is 2.21. The summed E-state index contributed by atoms with van der Waals surface area (Å²) in [7, 11) is 0. The molecule has 0 unspecified atom stereocenters. The molecule has 0 saturated heterocycles. The fourth-order valence-corrected chi connectivity index (χ4v) is 2.22. The quantitative estimate of drug-likeness (QED) is 0.306. The highest BCUT2D eigenvalue weighted by Crippen LogP contribution is 2.09. The Bertz CT molecular complexity index is 385. The van der Waals surface area contributed by atoms with Crippen LogP contribution in [0.25, 0.3) is 0 Å². The predicted molar refractivity (Wildman–Crippen MR) is 98.9 cm³/mol. The van der Waals surface area contributed by atoms with Gasteiger partial charge in [0.15, 0.2) is 0 Å². The van der Waals surface area contributed by atoms with Gasteiger partial charge in [0.2, 0.25) is 0 Å². The maximum Gasteiger partial charge on any atom is 0.303 e. The second kappa shape index (κ2) is 16.5. The molecule has 0 amide bonds. The molecule has 0 spiro atoms. The van der Waals surface area contributed by atoms with Crippen molar-refractivity contribution >= 4 is 5.97 Å². The predicted octanol–water partition coefficient (Wildman–Crippen LogP) is 4.38. The van der Waals surface area contributed by atoms with E-state index in [0.717, 1.165) is 19.3 Å². The van der Waals surface area contributed by atoms with Gasteiger partial charge in [-0.15, -0.1) is 0 Å². The van der Waals surface area contributed by atoms with Gasteiger partial charge < -0.3 is 15.3 Å². The van der Waals surface area contributed by atoms with Crippen molar-refractivity contribution in [3.8, 4) is 0 Å². The molecule has 138 valence electrons. The van der Waals surface area contributed by atoms with Crippen molar-refractivity contribution < 1.29 is 20.1 Å². The van der Waals surface area contributed by atoms with Gasteiger partial charge in [0.1, 0.15) is 0 Å². The Hall–Kier alpha value is -1.39. The maximum absolute atomic E-state index is 10.4. The van der Waals surface area contributed by atoms with E-state index >= 15 is 0 Å². The lowest BCUT2D eigenvalue weighted by molar-refractivity contribution is -0.137. The lowest BCUT2D eigenvalue weighted by atomic mass is 10.0. The van der Waals surface area contributed by atoms with Crippen molar-refractivity contribution in [2.24, 2.45) is 0 Å². The van der Waals surface area contributed by atoms with Crippen LogP contribution >= 0.6 is 0 Å².